The molecule has 0 aliphatic rings. The van der Waals surface area contributed by atoms with Crippen LogP contribution in [0.3, 0.4) is 0 Å². The maximum absolute atomic E-state index is 10.2. The van der Waals surface area contributed by atoms with E-state index in [2.05, 4.69) is 5.10 Å². The Hall–Kier alpha value is -2.26. The number of aromatic hydroxyl groups is 1. The lowest BCUT2D eigenvalue weighted by atomic mass is 9.88. The van der Waals surface area contributed by atoms with Crippen LogP contribution in [0, 0.1) is 0 Å². The van der Waals surface area contributed by atoms with Gasteiger partial charge in [0.1, 0.15) is 5.75 Å². The molecular weight excluding hydrogens is 284 g/mol. The van der Waals surface area contributed by atoms with Crippen molar-refractivity contribution in [2.75, 3.05) is 0 Å². The second-order valence-electron chi connectivity index (χ2n) is 4.92. The average molecular weight is 299 g/mol. The van der Waals surface area contributed by atoms with E-state index in [4.69, 9.17) is 11.6 Å². The van der Waals surface area contributed by atoms with E-state index in [0.29, 0.717) is 5.02 Å². The zero-order valence-electron chi connectivity index (χ0n) is 11.6. The SMILES string of the molecule is Cn1nccc1C(c1ccc(Cl)cc1)c1ccccc1O. The van der Waals surface area contributed by atoms with Crippen molar-refractivity contribution < 1.29 is 5.11 Å². The van der Waals surface area contributed by atoms with Gasteiger partial charge in [0.2, 0.25) is 0 Å². The summed E-state index contributed by atoms with van der Waals surface area (Å²) in [5.41, 5.74) is 2.92. The third-order valence-electron chi connectivity index (χ3n) is 3.61. The molecule has 0 amide bonds. The first kappa shape index (κ1) is 13.7. The minimum Gasteiger partial charge on any atom is -0.508 e. The molecular formula is C17H15ClN2O. The number of aromatic nitrogens is 2. The van der Waals surface area contributed by atoms with E-state index in [-0.39, 0.29) is 11.7 Å². The summed E-state index contributed by atoms with van der Waals surface area (Å²) in [5.74, 6) is 0.189. The number of phenolic OH excluding ortho intramolecular Hbond substituents is 1. The Bertz CT molecular complexity index is 749. The van der Waals surface area contributed by atoms with Crippen LogP contribution in [-0.2, 0) is 7.05 Å². The summed E-state index contributed by atoms with van der Waals surface area (Å²) in [6, 6.07) is 17.0. The van der Waals surface area contributed by atoms with Gasteiger partial charge in [0.05, 0.1) is 11.6 Å². The van der Waals surface area contributed by atoms with Crippen molar-refractivity contribution in [3.63, 3.8) is 0 Å². The fraction of sp³-hybridized carbons (Fsp3) is 0.118. The molecule has 1 aromatic heterocycles. The molecule has 1 heterocycles. The molecule has 2 aromatic carbocycles. The van der Waals surface area contributed by atoms with Crippen LogP contribution < -0.4 is 0 Å². The van der Waals surface area contributed by atoms with E-state index in [1.807, 2.05) is 60.3 Å². The summed E-state index contributed by atoms with van der Waals surface area (Å²) in [6.07, 6.45) is 1.76. The smallest absolute Gasteiger partial charge is 0.119 e. The number of hydrogen-bond donors (Lipinski definition) is 1. The van der Waals surface area contributed by atoms with Crippen molar-refractivity contribution in [1.29, 1.82) is 0 Å². The number of aryl methyl sites for hydroxylation is 1. The Morgan fingerprint density at radius 1 is 1.05 bits per heavy atom. The minimum atomic E-state index is -0.0871. The number of phenols is 1. The van der Waals surface area contributed by atoms with E-state index in [1.165, 1.54) is 0 Å². The van der Waals surface area contributed by atoms with Gasteiger partial charge in [-0.2, -0.15) is 5.10 Å². The largest absolute Gasteiger partial charge is 0.508 e. The number of para-hydroxylation sites is 1. The molecule has 4 heteroatoms. The molecule has 0 saturated carbocycles. The molecule has 0 bridgehead atoms. The van der Waals surface area contributed by atoms with Crippen molar-refractivity contribution in [3.05, 3.63) is 82.6 Å². The number of benzene rings is 2. The molecule has 21 heavy (non-hydrogen) atoms. The van der Waals surface area contributed by atoms with Crippen molar-refractivity contribution >= 4 is 11.6 Å². The van der Waals surface area contributed by atoms with Crippen LogP contribution in [0.25, 0.3) is 0 Å². The quantitative estimate of drug-likeness (QED) is 0.795. The van der Waals surface area contributed by atoms with Gasteiger partial charge < -0.3 is 5.11 Å². The molecule has 106 valence electrons. The zero-order valence-corrected chi connectivity index (χ0v) is 12.3. The number of nitrogens with zero attached hydrogens (tertiary/aromatic N) is 2. The Morgan fingerprint density at radius 3 is 2.38 bits per heavy atom. The van der Waals surface area contributed by atoms with Gasteiger partial charge in [-0.15, -0.1) is 0 Å². The summed E-state index contributed by atoms with van der Waals surface area (Å²) >= 11 is 5.98. The third kappa shape index (κ3) is 2.65. The summed E-state index contributed by atoms with van der Waals surface area (Å²) in [6.45, 7) is 0. The molecule has 0 spiro atoms. The zero-order chi connectivity index (χ0) is 14.8. The standard InChI is InChI=1S/C17H15ClN2O/c1-20-15(10-11-19-20)17(12-6-8-13(18)9-7-12)14-4-2-3-5-16(14)21/h2-11,17,21H,1H3. The molecule has 0 aliphatic heterocycles. The molecule has 1 atom stereocenters. The molecule has 0 aliphatic carbocycles. The lowest BCUT2D eigenvalue weighted by molar-refractivity contribution is 0.466. The Balaban J connectivity index is 2.18. The highest BCUT2D eigenvalue weighted by molar-refractivity contribution is 6.30. The maximum Gasteiger partial charge on any atom is 0.119 e. The highest BCUT2D eigenvalue weighted by Gasteiger charge is 2.22. The van der Waals surface area contributed by atoms with Crippen LogP contribution >= 0.6 is 11.6 Å². The molecule has 0 radical (unpaired) electrons. The molecule has 0 fully saturated rings. The van der Waals surface area contributed by atoms with Gasteiger partial charge >= 0.3 is 0 Å². The monoisotopic (exact) mass is 298 g/mol. The van der Waals surface area contributed by atoms with Crippen molar-refractivity contribution in [2.24, 2.45) is 7.05 Å². The third-order valence-corrected chi connectivity index (χ3v) is 3.86. The first-order valence-electron chi connectivity index (χ1n) is 6.68. The second-order valence-corrected chi connectivity index (χ2v) is 5.36. The summed E-state index contributed by atoms with van der Waals surface area (Å²) in [4.78, 5) is 0. The number of hydrogen-bond acceptors (Lipinski definition) is 2. The van der Waals surface area contributed by atoms with E-state index in [1.54, 1.807) is 12.3 Å². The van der Waals surface area contributed by atoms with Crippen LogP contribution in [0.4, 0.5) is 0 Å². The molecule has 1 N–H and O–H groups in total. The number of rotatable bonds is 3. The highest BCUT2D eigenvalue weighted by Crippen LogP contribution is 2.36. The van der Waals surface area contributed by atoms with Crippen LogP contribution in [0.1, 0.15) is 22.7 Å². The summed E-state index contributed by atoms with van der Waals surface area (Å²) in [7, 11) is 1.90. The van der Waals surface area contributed by atoms with Gasteiger partial charge in [-0.25, -0.2) is 0 Å². The highest BCUT2D eigenvalue weighted by atomic mass is 35.5. The van der Waals surface area contributed by atoms with E-state index >= 15 is 0 Å². The van der Waals surface area contributed by atoms with Crippen molar-refractivity contribution in [1.82, 2.24) is 9.78 Å². The van der Waals surface area contributed by atoms with E-state index in [9.17, 15) is 5.11 Å². The molecule has 1 unspecified atom stereocenters. The van der Waals surface area contributed by atoms with Crippen molar-refractivity contribution in [3.8, 4) is 5.75 Å². The van der Waals surface area contributed by atoms with Crippen LogP contribution in [0.5, 0.6) is 5.75 Å². The summed E-state index contributed by atoms with van der Waals surface area (Å²) in [5, 5.41) is 15.2. The van der Waals surface area contributed by atoms with Crippen LogP contribution in [0.15, 0.2) is 60.8 Å². The molecule has 3 rings (SSSR count). The second kappa shape index (κ2) is 5.62. The Kier molecular flexibility index (Phi) is 3.67. The summed E-state index contributed by atoms with van der Waals surface area (Å²) < 4.78 is 1.83. The van der Waals surface area contributed by atoms with Crippen molar-refractivity contribution in [2.45, 2.75) is 5.92 Å². The van der Waals surface area contributed by atoms with Crippen LogP contribution in [-0.4, -0.2) is 14.9 Å². The van der Waals surface area contributed by atoms with Gasteiger partial charge in [0.15, 0.2) is 0 Å². The Labute approximate surface area is 128 Å². The van der Waals surface area contributed by atoms with Gasteiger partial charge in [-0.05, 0) is 29.8 Å². The topological polar surface area (TPSA) is 38.0 Å². The van der Waals surface area contributed by atoms with E-state index < -0.39 is 0 Å². The fourth-order valence-electron chi connectivity index (χ4n) is 2.56. The maximum atomic E-state index is 10.2. The normalized spacial score (nSPS) is 12.3. The lowest BCUT2D eigenvalue weighted by Gasteiger charge is -2.19. The fourth-order valence-corrected chi connectivity index (χ4v) is 2.69. The first-order chi connectivity index (χ1) is 10.2. The van der Waals surface area contributed by atoms with Gasteiger partial charge in [-0.1, -0.05) is 41.9 Å². The molecule has 3 aromatic rings. The average Bonchev–Trinajstić information content (AvgIpc) is 2.89. The van der Waals surface area contributed by atoms with E-state index in [0.717, 1.165) is 16.8 Å². The lowest BCUT2D eigenvalue weighted by Crippen LogP contribution is -2.09. The minimum absolute atomic E-state index is 0.0871. The number of halogens is 1. The van der Waals surface area contributed by atoms with Gasteiger partial charge in [0, 0.05) is 23.8 Å². The Morgan fingerprint density at radius 2 is 1.76 bits per heavy atom. The van der Waals surface area contributed by atoms with Gasteiger partial charge in [0.25, 0.3) is 0 Å². The molecule has 3 nitrogen and oxygen atoms in total. The van der Waals surface area contributed by atoms with Gasteiger partial charge in [-0.3, -0.25) is 4.68 Å². The predicted molar refractivity (Wildman–Crippen MR) is 83.7 cm³/mol. The molecule has 0 saturated heterocycles. The predicted octanol–water partition coefficient (Wildman–Crippen LogP) is 3.96. The first-order valence-corrected chi connectivity index (χ1v) is 7.06. The van der Waals surface area contributed by atoms with Crippen LogP contribution in [0.2, 0.25) is 5.02 Å².